The highest BCUT2D eigenvalue weighted by Crippen LogP contribution is 2.39. The summed E-state index contributed by atoms with van der Waals surface area (Å²) in [5.41, 5.74) is 5.39. The van der Waals surface area contributed by atoms with Gasteiger partial charge in [-0.05, 0) is 29.8 Å². The molecule has 0 aliphatic rings. The monoisotopic (exact) mass is 436 g/mol. The number of rotatable bonds is 3. The van der Waals surface area contributed by atoms with E-state index in [1.54, 1.807) is 0 Å². The van der Waals surface area contributed by atoms with Crippen LogP contribution in [0.1, 0.15) is 76.1 Å². The summed E-state index contributed by atoms with van der Waals surface area (Å²) in [6, 6.07) is 23.4. The second-order valence-corrected chi connectivity index (χ2v) is 10.9. The summed E-state index contributed by atoms with van der Waals surface area (Å²) >= 11 is 0. The normalized spacial score (nSPS) is 12.8. The molecular formula is C29H32N4. The average Bonchev–Trinajstić information content (AvgIpc) is 3.35. The Bertz CT molecular complexity index is 1330. The lowest BCUT2D eigenvalue weighted by atomic mass is 9.91. The Balaban J connectivity index is 1.87. The first-order chi connectivity index (χ1) is 15.7. The Hall–Kier alpha value is -3.40. The third-order valence-corrected chi connectivity index (χ3v) is 6.18. The molecule has 4 aromatic heterocycles. The van der Waals surface area contributed by atoms with Crippen LogP contribution < -0.4 is 0 Å². The van der Waals surface area contributed by atoms with Crippen LogP contribution in [0.3, 0.4) is 0 Å². The van der Waals surface area contributed by atoms with Crippen LogP contribution in [0.4, 0.5) is 0 Å². The summed E-state index contributed by atoms with van der Waals surface area (Å²) in [4.78, 5) is 10.6. The first kappa shape index (κ1) is 21.4. The molecule has 0 saturated heterocycles. The van der Waals surface area contributed by atoms with Crippen molar-refractivity contribution in [2.45, 2.75) is 58.3 Å². The Morgan fingerprint density at radius 2 is 1.00 bits per heavy atom. The lowest BCUT2D eigenvalue weighted by Gasteiger charge is -2.17. The molecule has 0 fully saturated rings. The van der Waals surface area contributed by atoms with Crippen LogP contribution in [-0.2, 0) is 10.8 Å². The van der Waals surface area contributed by atoms with Crippen LogP contribution in [0.25, 0.3) is 11.0 Å². The zero-order valence-electron chi connectivity index (χ0n) is 20.4. The predicted octanol–water partition coefficient (Wildman–Crippen LogP) is 6.76. The van der Waals surface area contributed by atoms with E-state index >= 15 is 0 Å². The van der Waals surface area contributed by atoms with E-state index < -0.39 is 0 Å². The zero-order chi connectivity index (χ0) is 23.4. The van der Waals surface area contributed by atoms with Crippen LogP contribution in [0.5, 0.6) is 0 Å². The van der Waals surface area contributed by atoms with Gasteiger partial charge in [0.1, 0.15) is 11.6 Å². The maximum atomic E-state index is 5.31. The van der Waals surface area contributed by atoms with Crippen molar-refractivity contribution in [3.05, 3.63) is 108 Å². The SMILES string of the molecule is CC(C)(C)c1nc(C(c2ccccc2)c2nc(C(C)(C)C)n3ccccc23)c2ccccn12. The standard InChI is InChI=1S/C29H32N4/c1-28(2,3)26-30-24(21-16-10-12-18-32(21)26)23(20-14-8-7-9-15-20)25-22-17-11-13-19-33(22)27(31-25)29(4,5)6/h7-19,23H,1-6H3. The summed E-state index contributed by atoms with van der Waals surface area (Å²) in [5.74, 6) is 2.05. The Labute approximate surface area is 196 Å². The van der Waals surface area contributed by atoms with E-state index in [-0.39, 0.29) is 16.7 Å². The van der Waals surface area contributed by atoms with E-state index in [2.05, 4.69) is 129 Å². The van der Waals surface area contributed by atoms with Crippen molar-refractivity contribution in [2.24, 2.45) is 0 Å². The minimum absolute atomic E-state index is 0.0757. The van der Waals surface area contributed by atoms with Crippen LogP contribution in [0, 0.1) is 0 Å². The van der Waals surface area contributed by atoms with E-state index in [9.17, 15) is 0 Å². The molecule has 0 spiro atoms. The van der Waals surface area contributed by atoms with E-state index in [1.165, 1.54) is 5.56 Å². The van der Waals surface area contributed by atoms with E-state index in [0.29, 0.717) is 0 Å². The van der Waals surface area contributed by atoms with Gasteiger partial charge in [-0.1, -0.05) is 84.0 Å². The molecule has 0 bridgehead atoms. The van der Waals surface area contributed by atoms with Gasteiger partial charge in [0.2, 0.25) is 0 Å². The molecule has 0 amide bonds. The van der Waals surface area contributed by atoms with Gasteiger partial charge in [-0.2, -0.15) is 0 Å². The molecule has 0 N–H and O–H groups in total. The lowest BCUT2D eigenvalue weighted by Crippen LogP contribution is -2.16. The van der Waals surface area contributed by atoms with E-state index in [0.717, 1.165) is 34.1 Å². The second kappa shape index (κ2) is 7.58. The summed E-state index contributed by atoms with van der Waals surface area (Å²) < 4.78 is 4.49. The fourth-order valence-electron chi connectivity index (χ4n) is 4.70. The smallest absolute Gasteiger partial charge is 0.119 e. The number of hydrogen-bond acceptors (Lipinski definition) is 2. The largest absolute Gasteiger partial charge is 0.303 e. The van der Waals surface area contributed by atoms with Crippen LogP contribution in [0.2, 0.25) is 0 Å². The minimum atomic E-state index is -0.0867. The highest BCUT2D eigenvalue weighted by atomic mass is 15.1. The number of fused-ring (bicyclic) bond motifs is 2. The van der Waals surface area contributed by atoms with Crippen molar-refractivity contribution >= 4 is 11.0 Å². The fourth-order valence-corrected chi connectivity index (χ4v) is 4.70. The van der Waals surface area contributed by atoms with Gasteiger partial charge in [0.05, 0.1) is 28.3 Å². The van der Waals surface area contributed by atoms with Gasteiger partial charge >= 0.3 is 0 Å². The van der Waals surface area contributed by atoms with Crippen molar-refractivity contribution in [1.29, 1.82) is 0 Å². The predicted molar refractivity (Wildman–Crippen MR) is 135 cm³/mol. The number of aromatic nitrogens is 4. The van der Waals surface area contributed by atoms with Crippen molar-refractivity contribution in [3.8, 4) is 0 Å². The molecule has 5 aromatic rings. The van der Waals surface area contributed by atoms with Gasteiger partial charge in [-0.25, -0.2) is 9.97 Å². The minimum Gasteiger partial charge on any atom is -0.303 e. The third kappa shape index (κ3) is 3.64. The third-order valence-electron chi connectivity index (χ3n) is 6.18. The quantitative estimate of drug-likeness (QED) is 0.313. The van der Waals surface area contributed by atoms with Gasteiger partial charge < -0.3 is 8.80 Å². The molecule has 0 saturated carbocycles. The van der Waals surface area contributed by atoms with Crippen molar-refractivity contribution in [3.63, 3.8) is 0 Å². The first-order valence-corrected chi connectivity index (χ1v) is 11.7. The second-order valence-electron chi connectivity index (χ2n) is 10.9. The van der Waals surface area contributed by atoms with Crippen molar-refractivity contribution in [2.75, 3.05) is 0 Å². The molecular weight excluding hydrogens is 404 g/mol. The molecule has 0 aliphatic carbocycles. The van der Waals surface area contributed by atoms with Crippen LogP contribution >= 0.6 is 0 Å². The molecule has 4 heterocycles. The van der Waals surface area contributed by atoms with Crippen LogP contribution in [-0.4, -0.2) is 18.8 Å². The molecule has 5 rings (SSSR count). The number of pyridine rings is 2. The van der Waals surface area contributed by atoms with Crippen molar-refractivity contribution in [1.82, 2.24) is 18.8 Å². The number of nitrogens with zero attached hydrogens (tertiary/aromatic N) is 4. The summed E-state index contributed by atoms with van der Waals surface area (Å²) in [7, 11) is 0. The molecule has 0 atom stereocenters. The molecule has 168 valence electrons. The van der Waals surface area contributed by atoms with Crippen LogP contribution in [0.15, 0.2) is 79.1 Å². The molecule has 0 radical (unpaired) electrons. The van der Waals surface area contributed by atoms with Gasteiger partial charge in [-0.15, -0.1) is 0 Å². The lowest BCUT2D eigenvalue weighted by molar-refractivity contribution is 0.539. The Morgan fingerprint density at radius 3 is 1.42 bits per heavy atom. The van der Waals surface area contributed by atoms with Gasteiger partial charge in [-0.3, -0.25) is 0 Å². The van der Waals surface area contributed by atoms with E-state index in [4.69, 9.17) is 9.97 Å². The molecule has 4 heteroatoms. The zero-order valence-corrected chi connectivity index (χ0v) is 20.4. The fraction of sp³-hybridized carbons (Fsp3) is 0.310. The molecule has 0 aliphatic heterocycles. The van der Waals surface area contributed by atoms with Gasteiger partial charge in [0, 0.05) is 23.2 Å². The first-order valence-electron chi connectivity index (χ1n) is 11.7. The summed E-state index contributed by atoms with van der Waals surface area (Å²) in [6.07, 6.45) is 4.25. The number of hydrogen-bond donors (Lipinski definition) is 0. The van der Waals surface area contributed by atoms with Gasteiger partial charge in [0.25, 0.3) is 0 Å². The molecule has 1 aromatic carbocycles. The van der Waals surface area contributed by atoms with Gasteiger partial charge in [0.15, 0.2) is 0 Å². The van der Waals surface area contributed by atoms with E-state index in [1.807, 2.05) is 0 Å². The summed E-state index contributed by atoms with van der Waals surface area (Å²) in [5, 5.41) is 0. The molecule has 4 nitrogen and oxygen atoms in total. The number of imidazole rings is 2. The highest BCUT2D eigenvalue weighted by Gasteiger charge is 2.32. The maximum Gasteiger partial charge on any atom is 0.119 e. The Morgan fingerprint density at radius 1 is 0.576 bits per heavy atom. The number of benzene rings is 1. The Kier molecular flexibility index (Phi) is 4.93. The maximum absolute atomic E-state index is 5.31. The summed E-state index contributed by atoms with van der Waals surface area (Å²) in [6.45, 7) is 13.3. The molecule has 0 unspecified atom stereocenters. The topological polar surface area (TPSA) is 34.6 Å². The van der Waals surface area contributed by atoms with Crippen molar-refractivity contribution < 1.29 is 0 Å². The highest BCUT2D eigenvalue weighted by molar-refractivity contribution is 5.65. The molecule has 33 heavy (non-hydrogen) atoms. The average molecular weight is 437 g/mol.